The molecular weight excluding hydrogens is 376 g/mol. The monoisotopic (exact) mass is 426 g/mol. The van der Waals surface area contributed by atoms with Gasteiger partial charge in [-0.15, -0.1) is 0 Å². The lowest BCUT2D eigenvalue weighted by Gasteiger charge is -1.95. The number of rotatable bonds is 17. The SMILES string of the molecule is CC(=O)CCCCC(C)=O.CCCCCCCC(C)=O.CCCCCCCC(C)=O. The van der Waals surface area contributed by atoms with Crippen LogP contribution in [0.5, 0.6) is 0 Å². The van der Waals surface area contributed by atoms with Crippen molar-refractivity contribution in [2.75, 3.05) is 0 Å². The van der Waals surface area contributed by atoms with Crippen molar-refractivity contribution in [3.63, 3.8) is 0 Å². The molecule has 0 rings (SSSR count). The number of carbonyl (C=O) groups is 4. The fourth-order valence-corrected chi connectivity index (χ4v) is 2.70. The van der Waals surface area contributed by atoms with Crippen LogP contribution in [0.15, 0.2) is 0 Å². The normalized spacial score (nSPS) is 9.67. The van der Waals surface area contributed by atoms with Crippen LogP contribution in [0.1, 0.15) is 144 Å². The van der Waals surface area contributed by atoms with Gasteiger partial charge in [-0.1, -0.05) is 65.2 Å². The molecule has 0 amide bonds. The van der Waals surface area contributed by atoms with Gasteiger partial charge in [-0.05, 0) is 53.4 Å². The molecule has 4 heteroatoms. The predicted octanol–water partition coefficient (Wildman–Crippen LogP) is 7.60. The molecule has 0 unspecified atom stereocenters. The van der Waals surface area contributed by atoms with E-state index in [0.717, 1.165) is 38.5 Å². The molecule has 0 aliphatic rings. The highest BCUT2D eigenvalue weighted by Gasteiger charge is 1.95. The first-order valence-corrected chi connectivity index (χ1v) is 12.1. The first-order chi connectivity index (χ1) is 14.2. The summed E-state index contributed by atoms with van der Waals surface area (Å²) in [6.45, 7) is 10.9. The number of hydrogen-bond donors (Lipinski definition) is 0. The Morgan fingerprint density at radius 3 is 0.767 bits per heavy atom. The highest BCUT2D eigenvalue weighted by Crippen LogP contribution is 2.05. The highest BCUT2D eigenvalue weighted by atomic mass is 16.1. The summed E-state index contributed by atoms with van der Waals surface area (Å²) in [6.07, 6.45) is 16.9. The van der Waals surface area contributed by atoms with Gasteiger partial charge >= 0.3 is 0 Å². The molecule has 178 valence electrons. The molecule has 0 aliphatic carbocycles. The van der Waals surface area contributed by atoms with Crippen molar-refractivity contribution in [1.82, 2.24) is 0 Å². The Balaban J connectivity index is -0.000000364. The number of hydrogen-bond acceptors (Lipinski definition) is 4. The third-order valence-electron chi connectivity index (χ3n) is 4.57. The molecule has 0 bridgehead atoms. The van der Waals surface area contributed by atoms with Crippen LogP contribution in [0.3, 0.4) is 0 Å². The van der Waals surface area contributed by atoms with E-state index in [-0.39, 0.29) is 11.6 Å². The maximum Gasteiger partial charge on any atom is 0.129 e. The minimum atomic E-state index is 0.212. The lowest BCUT2D eigenvalue weighted by molar-refractivity contribution is -0.118. The van der Waals surface area contributed by atoms with Crippen LogP contribution in [-0.2, 0) is 19.2 Å². The predicted molar refractivity (Wildman–Crippen MR) is 128 cm³/mol. The fraction of sp³-hybridized carbons (Fsp3) is 0.846. The Bertz CT molecular complexity index is 387. The van der Waals surface area contributed by atoms with E-state index in [9.17, 15) is 19.2 Å². The molecule has 30 heavy (non-hydrogen) atoms. The average molecular weight is 427 g/mol. The minimum absolute atomic E-state index is 0.212. The largest absolute Gasteiger partial charge is 0.300 e. The molecule has 0 spiro atoms. The Kier molecular flexibility index (Phi) is 30.7. The van der Waals surface area contributed by atoms with Crippen LogP contribution in [-0.4, -0.2) is 23.1 Å². The summed E-state index contributed by atoms with van der Waals surface area (Å²) in [5.41, 5.74) is 0. The fourth-order valence-electron chi connectivity index (χ4n) is 2.70. The van der Waals surface area contributed by atoms with Gasteiger partial charge in [0.25, 0.3) is 0 Å². The third-order valence-corrected chi connectivity index (χ3v) is 4.57. The molecule has 0 N–H and O–H groups in total. The zero-order chi connectivity index (χ0) is 23.6. The van der Waals surface area contributed by atoms with Crippen molar-refractivity contribution in [3.8, 4) is 0 Å². The molecule has 0 radical (unpaired) electrons. The van der Waals surface area contributed by atoms with E-state index < -0.39 is 0 Å². The second kappa shape index (κ2) is 27.7. The maximum absolute atomic E-state index is 10.5. The van der Waals surface area contributed by atoms with Crippen LogP contribution in [0.2, 0.25) is 0 Å². The number of unbranched alkanes of at least 4 members (excludes halogenated alkanes) is 9. The lowest BCUT2D eigenvalue weighted by Crippen LogP contribution is -1.92. The summed E-state index contributed by atoms with van der Waals surface area (Å²) in [5, 5.41) is 0. The van der Waals surface area contributed by atoms with E-state index in [2.05, 4.69) is 13.8 Å². The highest BCUT2D eigenvalue weighted by molar-refractivity contribution is 5.76. The topological polar surface area (TPSA) is 68.3 Å². The smallest absolute Gasteiger partial charge is 0.129 e. The molecule has 0 atom stereocenters. The van der Waals surface area contributed by atoms with Crippen molar-refractivity contribution in [2.24, 2.45) is 0 Å². The van der Waals surface area contributed by atoms with Crippen molar-refractivity contribution in [3.05, 3.63) is 0 Å². The van der Waals surface area contributed by atoms with E-state index in [1.165, 1.54) is 51.4 Å². The molecule has 0 heterocycles. The van der Waals surface area contributed by atoms with Gasteiger partial charge in [0.05, 0.1) is 0 Å². The average Bonchev–Trinajstić information content (AvgIpc) is 2.65. The molecule has 0 aromatic rings. The number of carbonyl (C=O) groups excluding carboxylic acids is 4. The zero-order valence-electron chi connectivity index (χ0n) is 20.9. The van der Waals surface area contributed by atoms with Gasteiger partial charge in [0.1, 0.15) is 23.1 Å². The Morgan fingerprint density at radius 1 is 0.367 bits per heavy atom. The minimum Gasteiger partial charge on any atom is -0.300 e. The van der Waals surface area contributed by atoms with Crippen molar-refractivity contribution in [1.29, 1.82) is 0 Å². The summed E-state index contributed by atoms with van der Waals surface area (Å²) in [6, 6.07) is 0. The van der Waals surface area contributed by atoms with Gasteiger partial charge in [0.2, 0.25) is 0 Å². The van der Waals surface area contributed by atoms with Gasteiger partial charge in [-0.2, -0.15) is 0 Å². The van der Waals surface area contributed by atoms with Crippen molar-refractivity contribution >= 4 is 23.1 Å². The van der Waals surface area contributed by atoms with Crippen LogP contribution in [0.25, 0.3) is 0 Å². The second-order valence-electron chi connectivity index (χ2n) is 8.34. The summed E-state index contributed by atoms with van der Waals surface area (Å²) in [7, 11) is 0. The van der Waals surface area contributed by atoms with Gasteiger partial charge in [0.15, 0.2) is 0 Å². The molecule has 0 aromatic carbocycles. The Labute approximate surface area is 187 Å². The third kappa shape index (κ3) is 45.4. The quantitative estimate of drug-likeness (QED) is 0.225. The summed E-state index contributed by atoms with van der Waals surface area (Å²) < 4.78 is 0. The van der Waals surface area contributed by atoms with Gasteiger partial charge in [-0.3, -0.25) is 0 Å². The van der Waals surface area contributed by atoms with E-state index in [0.29, 0.717) is 24.4 Å². The van der Waals surface area contributed by atoms with Crippen LogP contribution in [0, 0.1) is 0 Å². The van der Waals surface area contributed by atoms with E-state index in [1.807, 2.05) is 0 Å². The summed E-state index contributed by atoms with van der Waals surface area (Å²) >= 11 is 0. The van der Waals surface area contributed by atoms with Crippen LogP contribution in [0.4, 0.5) is 0 Å². The van der Waals surface area contributed by atoms with E-state index in [1.54, 1.807) is 27.7 Å². The van der Waals surface area contributed by atoms with Crippen molar-refractivity contribution < 1.29 is 19.2 Å². The van der Waals surface area contributed by atoms with E-state index >= 15 is 0 Å². The zero-order valence-corrected chi connectivity index (χ0v) is 20.9. The molecule has 0 aliphatic heterocycles. The first kappa shape index (κ1) is 33.3. The molecule has 0 fully saturated rings. The molecule has 0 saturated heterocycles. The summed E-state index contributed by atoms with van der Waals surface area (Å²) in [4.78, 5) is 41.8. The van der Waals surface area contributed by atoms with Crippen molar-refractivity contribution in [2.45, 2.75) is 144 Å². The summed E-state index contributed by atoms with van der Waals surface area (Å²) in [5.74, 6) is 1.08. The van der Waals surface area contributed by atoms with Gasteiger partial charge in [0, 0.05) is 25.7 Å². The molecule has 0 saturated carbocycles. The maximum atomic E-state index is 10.5. The molecular formula is C26H50O4. The van der Waals surface area contributed by atoms with Crippen LogP contribution >= 0.6 is 0 Å². The number of Topliss-reactive ketones (excluding diaryl/α,β-unsaturated/α-hetero) is 4. The second-order valence-corrected chi connectivity index (χ2v) is 8.34. The Morgan fingerprint density at radius 2 is 0.567 bits per heavy atom. The standard InChI is InChI=1S/2C9H18O.C8H14O2/c2*1-3-4-5-6-7-8-9(2)10;1-7(9)5-3-4-6-8(2)10/h2*3-8H2,1-2H3;3-6H2,1-2H3. The first-order valence-electron chi connectivity index (χ1n) is 12.1. The molecule has 0 aromatic heterocycles. The Hall–Kier alpha value is -1.32. The van der Waals surface area contributed by atoms with Gasteiger partial charge < -0.3 is 19.2 Å². The number of ketones is 4. The van der Waals surface area contributed by atoms with Crippen LogP contribution < -0.4 is 0 Å². The van der Waals surface area contributed by atoms with Gasteiger partial charge in [-0.25, -0.2) is 0 Å². The lowest BCUT2D eigenvalue weighted by atomic mass is 10.1. The van der Waals surface area contributed by atoms with E-state index in [4.69, 9.17) is 0 Å². The molecule has 4 nitrogen and oxygen atoms in total.